The number of hydrogen-bond donors (Lipinski definition) is 1. The Hall–Kier alpha value is -2.05. The fourth-order valence-corrected chi connectivity index (χ4v) is 4.32. The van der Waals surface area contributed by atoms with Crippen LogP contribution in [0, 0.1) is 11.8 Å². The van der Waals surface area contributed by atoms with Crippen LogP contribution in [-0.4, -0.2) is 66.5 Å². The van der Waals surface area contributed by atoms with Gasteiger partial charge in [0.15, 0.2) is 0 Å². The lowest BCUT2D eigenvalue weighted by Crippen LogP contribution is -2.52. The van der Waals surface area contributed by atoms with Crippen LogP contribution in [0.2, 0.25) is 0 Å². The molecule has 150 valence electrons. The molecule has 1 N–H and O–H groups in total. The highest BCUT2D eigenvalue weighted by Gasteiger charge is 2.47. The van der Waals surface area contributed by atoms with Crippen LogP contribution in [0.1, 0.15) is 45.4 Å². The molecule has 0 saturated carbocycles. The van der Waals surface area contributed by atoms with Crippen molar-refractivity contribution in [2.24, 2.45) is 11.8 Å². The first-order valence-electron chi connectivity index (χ1n) is 10.1. The third-order valence-corrected chi connectivity index (χ3v) is 6.04. The number of ether oxygens (including phenoxy) is 1. The second-order valence-corrected chi connectivity index (χ2v) is 8.03. The van der Waals surface area contributed by atoms with Crippen molar-refractivity contribution in [1.82, 2.24) is 15.1 Å². The summed E-state index contributed by atoms with van der Waals surface area (Å²) in [7, 11) is 1.74. The van der Waals surface area contributed by atoms with E-state index in [0.717, 1.165) is 12.8 Å². The summed E-state index contributed by atoms with van der Waals surface area (Å²) >= 11 is 0. The van der Waals surface area contributed by atoms with Crippen LogP contribution >= 0.6 is 0 Å². The summed E-state index contributed by atoms with van der Waals surface area (Å²) in [6.07, 6.45) is 8.27. The van der Waals surface area contributed by atoms with E-state index in [1.807, 2.05) is 17.1 Å². The molecule has 0 radical (unpaired) electrons. The number of likely N-dealkylation sites (tertiary alicyclic amines) is 1. The molecule has 27 heavy (non-hydrogen) atoms. The molecule has 1 spiro atoms. The van der Waals surface area contributed by atoms with E-state index in [2.05, 4.69) is 12.2 Å². The maximum Gasteiger partial charge on any atom is 0.410 e. The summed E-state index contributed by atoms with van der Waals surface area (Å²) in [5, 5.41) is 2.98. The number of unbranched alkanes of at least 4 members (excludes halogenated alkanes) is 1. The fourth-order valence-electron chi connectivity index (χ4n) is 4.32. The second-order valence-electron chi connectivity index (χ2n) is 8.03. The van der Waals surface area contributed by atoms with Gasteiger partial charge in [0.2, 0.25) is 11.8 Å². The summed E-state index contributed by atoms with van der Waals surface area (Å²) in [5.41, 5.74) is -0.452. The maximum absolute atomic E-state index is 13.1. The SMILES string of the molecule is CCCCNC(=O)[C@@H]1CC=CC[C@@H]1C(=O)N1CCC2(CC1)CN(C)C(=O)O2. The van der Waals surface area contributed by atoms with Crippen molar-refractivity contribution in [3.8, 4) is 0 Å². The summed E-state index contributed by atoms with van der Waals surface area (Å²) in [6, 6.07) is 0. The van der Waals surface area contributed by atoms with Gasteiger partial charge in [0.1, 0.15) is 5.60 Å². The Morgan fingerprint density at radius 2 is 1.89 bits per heavy atom. The lowest BCUT2D eigenvalue weighted by Gasteiger charge is -2.39. The zero-order chi connectivity index (χ0) is 19.4. The number of hydrogen-bond acceptors (Lipinski definition) is 4. The number of rotatable bonds is 5. The van der Waals surface area contributed by atoms with E-state index in [0.29, 0.717) is 51.9 Å². The van der Waals surface area contributed by atoms with Crippen LogP contribution in [0.5, 0.6) is 0 Å². The van der Waals surface area contributed by atoms with E-state index in [4.69, 9.17) is 4.74 Å². The van der Waals surface area contributed by atoms with Gasteiger partial charge in [0.05, 0.1) is 18.4 Å². The maximum atomic E-state index is 13.1. The number of amides is 3. The molecule has 2 atom stereocenters. The smallest absolute Gasteiger partial charge is 0.410 e. The van der Waals surface area contributed by atoms with Crippen LogP contribution in [0.3, 0.4) is 0 Å². The molecule has 0 aromatic heterocycles. The molecule has 1 aliphatic carbocycles. The van der Waals surface area contributed by atoms with E-state index in [-0.39, 0.29) is 29.7 Å². The van der Waals surface area contributed by atoms with Crippen molar-refractivity contribution in [2.75, 3.05) is 33.2 Å². The quantitative estimate of drug-likeness (QED) is 0.586. The third kappa shape index (κ3) is 4.28. The average molecular weight is 377 g/mol. The van der Waals surface area contributed by atoms with Crippen LogP contribution in [0.15, 0.2) is 12.2 Å². The lowest BCUT2D eigenvalue weighted by atomic mass is 9.80. The standard InChI is InChI=1S/C20H31N3O4/c1-3-4-11-21-17(24)15-7-5-6-8-16(15)18(25)23-12-9-20(10-13-23)14-22(2)19(26)27-20/h5-6,15-16H,3-4,7-14H2,1-2H3,(H,21,24)/t15-,16+/m1/s1. The van der Waals surface area contributed by atoms with E-state index in [1.165, 1.54) is 0 Å². The number of nitrogens with zero attached hydrogens (tertiary/aromatic N) is 2. The minimum absolute atomic E-state index is 0.00835. The van der Waals surface area contributed by atoms with Crippen LogP contribution in [0.25, 0.3) is 0 Å². The zero-order valence-corrected chi connectivity index (χ0v) is 16.4. The molecule has 3 rings (SSSR count). The largest absolute Gasteiger partial charge is 0.441 e. The molecule has 7 nitrogen and oxygen atoms in total. The Balaban J connectivity index is 1.58. The van der Waals surface area contributed by atoms with Gasteiger partial charge in [-0.3, -0.25) is 9.59 Å². The summed E-state index contributed by atoms with van der Waals surface area (Å²) in [6.45, 7) is 4.49. The third-order valence-electron chi connectivity index (χ3n) is 6.04. The average Bonchev–Trinajstić information content (AvgIpc) is 2.95. The molecule has 3 aliphatic rings. The molecule has 0 aromatic rings. The van der Waals surface area contributed by atoms with E-state index < -0.39 is 5.60 Å². The van der Waals surface area contributed by atoms with E-state index in [1.54, 1.807) is 11.9 Å². The number of likely N-dealkylation sites (N-methyl/N-ethyl adjacent to an activating group) is 1. The highest BCUT2D eigenvalue weighted by Crippen LogP contribution is 2.34. The summed E-state index contributed by atoms with van der Waals surface area (Å²) in [4.78, 5) is 40.9. The molecule has 3 amide bonds. The minimum atomic E-state index is -0.452. The van der Waals surface area contributed by atoms with Gasteiger partial charge < -0.3 is 19.9 Å². The Morgan fingerprint density at radius 3 is 2.48 bits per heavy atom. The highest BCUT2D eigenvalue weighted by atomic mass is 16.6. The predicted octanol–water partition coefficient (Wildman–Crippen LogP) is 1.93. The number of carbonyl (C=O) groups excluding carboxylic acids is 3. The number of piperidine rings is 1. The van der Waals surface area contributed by atoms with Gasteiger partial charge in [-0.15, -0.1) is 0 Å². The lowest BCUT2D eigenvalue weighted by molar-refractivity contribution is -0.144. The van der Waals surface area contributed by atoms with Gasteiger partial charge >= 0.3 is 6.09 Å². The van der Waals surface area contributed by atoms with E-state index >= 15 is 0 Å². The van der Waals surface area contributed by atoms with Crippen molar-refractivity contribution >= 4 is 17.9 Å². The molecule has 0 aromatic carbocycles. The minimum Gasteiger partial charge on any atom is -0.441 e. The molecule has 2 aliphatic heterocycles. The predicted molar refractivity (Wildman–Crippen MR) is 101 cm³/mol. The van der Waals surface area contributed by atoms with Crippen LogP contribution in [0.4, 0.5) is 4.79 Å². The Kier molecular flexibility index (Phi) is 6.07. The van der Waals surface area contributed by atoms with E-state index in [9.17, 15) is 14.4 Å². The topological polar surface area (TPSA) is 79.0 Å². The number of carbonyl (C=O) groups is 3. The summed E-state index contributed by atoms with van der Waals surface area (Å²) in [5.74, 6) is -0.529. The van der Waals surface area contributed by atoms with Crippen molar-refractivity contribution in [1.29, 1.82) is 0 Å². The normalized spacial score (nSPS) is 27.0. The first-order valence-corrected chi connectivity index (χ1v) is 10.1. The molecule has 2 fully saturated rings. The number of nitrogens with one attached hydrogen (secondary N) is 1. The van der Waals surface area contributed by atoms with Gasteiger partial charge in [-0.25, -0.2) is 4.79 Å². The van der Waals surface area contributed by atoms with Crippen LogP contribution < -0.4 is 5.32 Å². The monoisotopic (exact) mass is 377 g/mol. The highest BCUT2D eigenvalue weighted by molar-refractivity contribution is 5.88. The molecule has 0 unspecified atom stereocenters. The van der Waals surface area contributed by atoms with Gasteiger partial charge in [0.25, 0.3) is 0 Å². The Morgan fingerprint density at radius 1 is 1.22 bits per heavy atom. The van der Waals surface area contributed by atoms with Crippen molar-refractivity contribution in [2.45, 2.75) is 51.0 Å². The molecule has 0 bridgehead atoms. The molecule has 2 heterocycles. The number of allylic oxidation sites excluding steroid dienone is 2. The molecular weight excluding hydrogens is 346 g/mol. The fraction of sp³-hybridized carbons (Fsp3) is 0.750. The van der Waals surface area contributed by atoms with Gasteiger partial charge in [-0.1, -0.05) is 25.5 Å². The molecular formula is C20H31N3O4. The van der Waals surface area contributed by atoms with Crippen molar-refractivity contribution in [3.63, 3.8) is 0 Å². The Bertz CT molecular complexity index is 610. The second kappa shape index (κ2) is 8.31. The first kappa shape index (κ1) is 19.7. The van der Waals surface area contributed by atoms with Gasteiger partial charge in [0, 0.05) is 39.5 Å². The Labute approximate surface area is 161 Å². The van der Waals surface area contributed by atoms with Crippen molar-refractivity contribution in [3.05, 3.63) is 12.2 Å². The van der Waals surface area contributed by atoms with Gasteiger partial charge in [-0.05, 0) is 19.3 Å². The zero-order valence-electron chi connectivity index (χ0n) is 16.4. The molecule has 2 saturated heterocycles. The first-order chi connectivity index (χ1) is 13.0. The summed E-state index contributed by atoms with van der Waals surface area (Å²) < 4.78 is 5.56. The van der Waals surface area contributed by atoms with Crippen LogP contribution in [-0.2, 0) is 14.3 Å². The van der Waals surface area contributed by atoms with Crippen molar-refractivity contribution < 1.29 is 19.1 Å². The molecule has 7 heteroatoms. The van der Waals surface area contributed by atoms with Gasteiger partial charge in [-0.2, -0.15) is 0 Å².